The quantitative estimate of drug-likeness (QED) is 0.253. The number of ether oxygens (including phenoxy) is 1. The Morgan fingerprint density at radius 1 is 1.09 bits per heavy atom. The van der Waals surface area contributed by atoms with Crippen LogP contribution in [0.5, 0.6) is 0 Å². The van der Waals surface area contributed by atoms with Crippen molar-refractivity contribution < 1.29 is 18.7 Å². The van der Waals surface area contributed by atoms with E-state index in [9.17, 15) is 9.59 Å². The smallest absolute Gasteiger partial charge is 0.310 e. The van der Waals surface area contributed by atoms with Crippen molar-refractivity contribution in [3.05, 3.63) is 88.6 Å². The maximum absolute atomic E-state index is 12.7. The fourth-order valence-electron chi connectivity index (χ4n) is 4.29. The molecule has 6 nitrogen and oxygen atoms in total. The highest BCUT2D eigenvalue weighted by Gasteiger charge is 2.20. The van der Waals surface area contributed by atoms with E-state index < -0.39 is 0 Å². The molecule has 0 aliphatic heterocycles. The minimum Gasteiger partial charge on any atom is -0.464 e. The maximum atomic E-state index is 12.7. The van der Waals surface area contributed by atoms with Crippen molar-refractivity contribution in [2.75, 3.05) is 4.90 Å². The van der Waals surface area contributed by atoms with Crippen LogP contribution in [0.15, 0.2) is 70.7 Å². The van der Waals surface area contributed by atoms with Gasteiger partial charge in [0.25, 0.3) is 0 Å². The first-order chi connectivity index (χ1) is 16.9. The summed E-state index contributed by atoms with van der Waals surface area (Å²) in [6.45, 7) is 5.53. The molecule has 0 aliphatic rings. The first kappa shape index (κ1) is 22.8. The molecule has 3 aromatic carbocycles. The lowest BCUT2D eigenvalue weighted by Gasteiger charge is -2.20. The van der Waals surface area contributed by atoms with Crippen LogP contribution in [0.3, 0.4) is 0 Å². The molecule has 7 heteroatoms. The summed E-state index contributed by atoms with van der Waals surface area (Å²) in [5.74, 6) is -0.498. The highest BCUT2D eigenvalue weighted by atomic mass is 32.1. The summed E-state index contributed by atoms with van der Waals surface area (Å²) in [5, 5.41) is 5.42. The molecular weight excluding hydrogens is 460 g/mol. The number of carbonyl (C=O) groups excluding carboxylic acids is 2. The molecule has 0 radical (unpaired) electrons. The second-order valence-corrected chi connectivity index (χ2v) is 9.36. The fraction of sp³-hybridized carbons (Fsp3) is 0.179. The Morgan fingerprint density at radius 2 is 1.91 bits per heavy atom. The van der Waals surface area contributed by atoms with Crippen LogP contribution in [-0.4, -0.2) is 16.9 Å². The fourth-order valence-corrected chi connectivity index (χ4v) is 5.16. The average molecular weight is 485 g/mol. The number of benzene rings is 3. The lowest BCUT2D eigenvalue weighted by Crippen LogP contribution is -2.23. The van der Waals surface area contributed by atoms with E-state index in [0.29, 0.717) is 10.8 Å². The molecule has 0 unspecified atom stereocenters. The normalized spacial score (nSPS) is 11.2. The van der Waals surface area contributed by atoms with Gasteiger partial charge in [-0.3, -0.25) is 14.5 Å². The summed E-state index contributed by atoms with van der Waals surface area (Å²) in [6, 6.07) is 17.9. The molecule has 0 saturated carbocycles. The Bertz CT molecular complexity index is 1570. The van der Waals surface area contributed by atoms with E-state index in [1.54, 1.807) is 11.2 Å². The van der Waals surface area contributed by atoms with Crippen LogP contribution >= 0.6 is 11.3 Å². The third kappa shape index (κ3) is 4.55. The predicted octanol–water partition coefficient (Wildman–Crippen LogP) is 6.63. The van der Waals surface area contributed by atoms with Gasteiger partial charge in [-0.1, -0.05) is 48.0 Å². The van der Waals surface area contributed by atoms with Crippen LogP contribution in [-0.2, 0) is 27.4 Å². The molecule has 0 N–H and O–H groups in total. The summed E-state index contributed by atoms with van der Waals surface area (Å²) < 4.78 is 11.2. The van der Waals surface area contributed by atoms with Crippen LogP contribution in [0.2, 0.25) is 0 Å². The number of anilines is 2. The number of rotatable bonds is 6. The Morgan fingerprint density at radius 3 is 2.71 bits per heavy atom. The number of aromatic nitrogens is 1. The summed E-state index contributed by atoms with van der Waals surface area (Å²) in [4.78, 5) is 31.2. The van der Waals surface area contributed by atoms with Crippen molar-refractivity contribution in [3.63, 3.8) is 0 Å². The van der Waals surface area contributed by atoms with Gasteiger partial charge in [0.15, 0.2) is 5.13 Å². The molecule has 1 amide bonds. The van der Waals surface area contributed by atoms with Gasteiger partial charge in [-0.25, -0.2) is 4.98 Å². The molecule has 0 atom stereocenters. The maximum Gasteiger partial charge on any atom is 0.310 e. The van der Waals surface area contributed by atoms with E-state index in [0.717, 1.165) is 44.1 Å². The van der Waals surface area contributed by atoms with Gasteiger partial charge in [0, 0.05) is 23.3 Å². The van der Waals surface area contributed by atoms with Gasteiger partial charge in [-0.15, -0.1) is 11.3 Å². The summed E-state index contributed by atoms with van der Waals surface area (Å²) in [5.41, 5.74) is 5.03. The SMILES string of the molecule is CC(=O)N(c1nc(COC(=O)Cc2coc3ccc4ccccc4c23)cs1)c1ccc(C)cc1C. The molecule has 35 heavy (non-hydrogen) atoms. The highest BCUT2D eigenvalue weighted by Crippen LogP contribution is 2.32. The van der Waals surface area contributed by atoms with Crippen molar-refractivity contribution in [3.8, 4) is 0 Å². The van der Waals surface area contributed by atoms with Crippen molar-refractivity contribution >= 4 is 55.8 Å². The number of esters is 1. The number of hydrogen-bond acceptors (Lipinski definition) is 6. The molecule has 176 valence electrons. The molecule has 2 heterocycles. The van der Waals surface area contributed by atoms with E-state index in [2.05, 4.69) is 4.98 Å². The molecule has 5 aromatic rings. The number of amides is 1. The molecule has 0 bridgehead atoms. The standard InChI is InChI=1S/C28H24N2O4S/c1-17-8-10-24(18(2)12-17)30(19(3)31)28-29-22(16-35-28)15-34-26(32)13-21-14-33-25-11-9-20-6-4-5-7-23(20)27(21)25/h4-12,14,16H,13,15H2,1-3H3. The first-order valence-corrected chi connectivity index (χ1v) is 12.1. The van der Waals surface area contributed by atoms with E-state index in [1.165, 1.54) is 18.3 Å². The minimum absolute atomic E-state index is 0.0322. The number of furan rings is 1. The largest absolute Gasteiger partial charge is 0.464 e. The van der Waals surface area contributed by atoms with Gasteiger partial charge >= 0.3 is 5.97 Å². The molecule has 0 saturated heterocycles. The van der Waals surface area contributed by atoms with Crippen molar-refractivity contribution in [1.82, 2.24) is 4.98 Å². The lowest BCUT2D eigenvalue weighted by molar-refractivity contribution is -0.144. The number of fused-ring (bicyclic) bond motifs is 3. The molecule has 0 aliphatic carbocycles. The summed E-state index contributed by atoms with van der Waals surface area (Å²) in [7, 11) is 0. The summed E-state index contributed by atoms with van der Waals surface area (Å²) >= 11 is 1.34. The Labute approximate surface area is 206 Å². The molecular formula is C28H24N2O4S. The van der Waals surface area contributed by atoms with Crippen LogP contribution in [0.4, 0.5) is 10.8 Å². The highest BCUT2D eigenvalue weighted by molar-refractivity contribution is 7.14. The monoisotopic (exact) mass is 484 g/mol. The zero-order valence-electron chi connectivity index (χ0n) is 19.7. The number of carbonyl (C=O) groups is 2. The second-order valence-electron chi connectivity index (χ2n) is 8.52. The summed E-state index contributed by atoms with van der Waals surface area (Å²) in [6.07, 6.45) is 1.72. The van der Waals surface area contributed by atoms with Crippen LogP contribution in [0, 0.1) is 13.8 Å². The van der Waals surface area contributed by atoms with Gasteiger partial charge in [-0.2, -0.15) is 0 Å². The number of hydrogen-bond donors (Lipinski definition) is 0. The van der Waals surface area contributed by atoms with Gasteiger partial charge in [0.05, 0.1) is 24.1 Å². The zero-order valence-corrected chi connectivity index (χ0v) is 20.5. The topological polar surface area (TPSA) is 72.6 Å². The predicted molar refractivity (Wildman–Crippen MR) is 138 cm³/mol. The van der Waals surface area contributed by atoms with Gasteiger partial charge in [0.1, 0.15) is 12.2 Å². The number of aryl methyl sites for hydroxylation is 2. The van der Waals surface area contributed by atoms with Crippen molar-refractivity contribution in [2.45, 2.75) is 33.8 Å². The molecule has 0 fully saturated rings. The Balaban J connectivity index is 1.30. The lowest BCUT2D eigenvalue weighted by atomic mass is 10.0. The Kier molecular flexibility index (Phi) is 6.09. The number of thiazole rings is 1. The molecule has 0 spiro atoms. The van der Waals surface area contributed by atoms with Crippen LogP contribution in [0.25, 0.3) is 21.7 Å². The second kappa shape index (κ2) is 9.35. The molecule has 2 aromatic heterocycles. The van der Waals surface area contributed by atoms with Crippen LogP contribution in [0.1, 0.15) is 29.3 Å². The van der Waals surface area contributed by atoms with Gasteiger partial charge in [0.2, 0.25) is 5.91 Å². The molecule has 5 rings (SSSR count). The van der Waals surface area contributed by atoms with Gasteiger partial charge < -0.3 is 9.15 Å². The Hall–Kier alpha value is -3.97. The van der Waals surface area contributed by atoms with E-state index in [1.807, 2.05) is 73.8 Å². The third-order valence-corrected chi connectivity index (χ3v) is 6.77. The van der Waals surface area contributed by atoms with E-state index in [-0.39, 0.29) is 24.9 Å². The van der Waals surface area contributed by atoms with E-state index in [4.69, 9.17) is 9.15 Å². The number of nitrogens with zero attached hydrogens (tertiary/aromatic N) is 2. The van der Waals surface area contributed by atoms with Crippen molar-refractivity contribution in [2.24, 2.45) is 0 Å². The third-order valence-electron chi connectivity index (χ3n) is 5.89. The minimum atomic E-state index is -0.368. The van der Waals surface area contributed by atoms with Crippen LogP contribution < -0.4 is 4.90 Å². The van der Waals surface area contributed by atoms with E-state index >= 15 is 0 Å². The zero-order chi connectivity index (χ0) is 24.5. The van der Waals surface area contributed by atoms with Gasteiger partial charge in [-0.05, 0) is 42.3 Å². The average Bonchev–Trinajstić information content (AvgIpc) is 3.46. The first-order valence-electron chi connectivity index (χ1n) is 11.3. The van der Waals surface area contributed by atoms with Crippen molar-refractivity contribution in [1.29, 1.82) is 0 Å².